The summed E-state index contributed by atoms with van der Waals surface area (Å²) < 4.78 is 11.6. The molecule has 4 nitrogen and oxygen atoms in total. The van der Waals surface area contributed by atoms with Gasteiger partial charge in [0.25, 0.3) is 5.91 Å². The normalized spacial score (nSPS) is 21.8. The number of benzene rings is 1. The molecule has 1 amide bonds. The van der Waals surface area contributed by atoms with E-state index in [1.807, 2.05) is 37.3 Å². The number of hydrogen-bond acceptors (Lipinski definition) is 5. The Hall–Kier alpha value is -1.63. The maximum Gasteiger partial charge on any atom is 0.266 e. The Bertz CT molecular complexity index is 727. The second kappa shape index (κ2) is 7.51. The predicted octanol–water partition coefficient (Wildman–Crippen LogP) is 3.63. The van der Waals surface area contributed by atoms with Crippen molar-refractivity contribution < 1.29 is 14.3 Å². The van der Waals surface area contributed by atoms with Crippen LogP contribution in [0, 0.1) is 0 Å². The summed E-state index contributed by atoms with van der Waals surface area (Å²) in [5.74, 6) is 0.835. The Balaban J connectivity index is 1.80. The van der Waals surface area contributed by atoms with Crippen molar-refractivity contribution in [1.82, 2.24) is 4.90 Å². The van der Waals surface area contributed by atoms with Gasteiger partial charge in [-0.15, -0.1) is 0 Å². The molecule has 1 saturated heterocycles. The van der Waals surface area contributed by atoms with Crippen molar-refractivity contribution in [3.05, 3.63) is 46.4 Å². The Kier molecular flexibility index (Phi) is 5.38. The molecule has 1 aromatic rings. The third-order valence-electron chi connectivity index (χ3n) is 3.92. The van der Waals surface area contributed by atoms with Gasteiger partial charge in [-0.1, -0.05) is 42.2 Å². The van der Waals surface area contributed by atoms with Gasteiger partial charge in [0.1, 0.15) is 16.2 Å². The maximum absolute atomic E-state index is 12.6. The standard InChI is InChI=1S/C18H19NO3S2/c1-12-14(10-13-6-3-4-7-15(13)22-12)11-16-17(20)19(18(23)24-16)8-5-9-21-2/h3-4,6-7,10-12H,5,8-9H2,1-2H3/b16-11+/t12-/m0/s1. The van der Waals surface area contributed by atoms with E-state index < -0.39 is 0 Å². The number of carbonyl (C=O) groups is 1. The first kappa shape index (κ1) is 17.2. The smallest absolute Gasteiger partial charge is 0.266 e. The minimum Gasteiger partial charge on any atom is -0.485 e. The topological polar surface area (TPSA) is 38.8 Å². The Morgan fingerprint density at radius 1 is 1.42 bits per heavy atom. The lowest BCUT2D eigenvalue weighted by Gasteiger charge is -2.23. The average Bonchev–Trinajstić information content (AvgIpc) is 2.83. The van der Waals surface area contributed by atoms with Crippen LogP contribution in [0.15, 0.2) is 40.8 Å². The molecular formula is C18H19NO3S2. The number of amides is 1. The van der Waals surface area contributed by atoms with Gasteiger partial charge in [0.2, 0.25) is 0 Å². The molecule has 0 radical (unpaired) electrons. The summed E-state index contributed by atoms with van der Waals surface area (Å²) in [5, 5.41) is 0. The van der Waals surface area contributed by atoms with Crippen LogP contribution in [0.2, 0.25) is 0 Å². The van der Waals surface area contributed by atoms with Gasteiger partial charge in [-0.05, 0) is 37.1 Å². The second-order valence-electron chi connectivity index (χ2n) is 5.62. The number of methoxy groups -OCH3 is 1. The Labute approximate surface area is 151 Å². The van der Waals surface area contributed by atoms with Gasteiger partial charge in [-0.2, -0.15) is 0 Å². The number of carbonyl (C=O) groups excluding carboxylic acids is 1. The molecule has 24 heavy (non-hydrogen) atoms. The van der Waals surface area contributed by atoms with Gasteiger partial charge in [0.15, 0.2) is 0 Å². The van der Waals surface area contributed by atoms with Crippen LogP contribution >= 0.6 is 24.0 Å². The number of thioether (sulfide) groups is 1. The lowest BCUT2D eigenvalue weighted by atomic mass is 10.0. The van der Waals surface area contributed by atoms with Crippen molar-refractivity contribution in [2.45, 2.75) is 19.4 Å². The van der Waals surface area contributed by atoms with E-state index in [9.17, 15) is 4.79 Å². The van der Waals surface area contributed by atoms with E-state index in [-0.39, 0.29) is 12.0 Å². The molecular weight excluding hydrogens is 342 g/mol. The van der Waals surface area contributed by atoms with Gasteiger partial charge in [0, 0.05) is 25.8 Å². The fourth-order valence-electron chi connectivity index (χ4n) is 2.63. The maximum atomic E-state index is 12.6. The molecule has 0 unspecified atom stereocenters. The average molecular weight is 361 g/mol. The molecule has 1 atom stereocenters. The molecule has 126 valence electrons. The largest absolute Gasteiger partial charge is 0.485 e. The molecule has 0 aromatic heterocycles. The molecule has 2 aliphatic heterocycles. The molecule has 2 heterocycles. The van der Waals surface area contributed by atoms with Crippen molar-refractivity contribution in [2.75, 3.05) is 20.3 Å². The lowest BCUT2D eigenvalue weighted by molar-refractivity contribution is -0.122. The van der Waals surface area contributed by atoms with E-state index in [2.05, 4.69) is 6.08 Å². The van der Waals surface area contributed by atoms with Crippen molar-refractivity contribution >= 4 is 40.3 Å². The number of para-hydroxylation sites is 1. The van der Waals surface area contributed by atoms with Crippen LogP contribution < -0.4 is 4.74 Å². The highest BCUT2D eigenvalue weighted by molar-refractivity contribution is 8.26. The minimum atomic E-state index is -0.100. The van der Waals surface area contributed by atoms with Crippen molar-refractivity contribution in [2.24, 2.45) is 0 Å². The summed E-state index contributed by atoms with van der Waals surface area (Å²) in [4.78, 5) is 14.9. The summed E-state index contributed by atoms with van der Waals surface area (Å²) in [5.41, 5.74) is 2.00. The van der Waals surface area contributed by atoms with Gasteiger partial charge in [-0.3, -0.25) is 9.69 Å². The molecule has 1 aromatic carbocycles. The molecule has 1 fully saturated rings. The predicted molar refractivity (Wildman–Crippen MR) is 101 cm³/mol. The number of ether oxygens (including phenoxy) is 2. The zero-order valence-corrected chi connectivity index (χ0v) is 15.3. The van der Waals surface area contributed by atoms with E-state index in [0.29, 0.717) is 22.4 Å². The molecule has 0 N–H and O–H groups in total. The van der Waals surface area contributed by atoms with Crippen LogP contribution in [-0.4, -0.2) is 41.5 Å². The summed E-state index contributed by atoms with van der Waals surface area (Å²) in [6.45, 7) is 3.18. The number of rotatable bonds is 5. The third kappa shape index (κ3) is 3.55. The highest BCUT2D eigenvalue weighted by atomic mass is 32.2. The molecule has 0 aliphatic carbocycles. The zero-order valence-electron chi connectivity index (χ0n) is 13.7. The van der Waals surface area contributed by atoms with Crippen molar-refractivity contribution in [3.63, 3.8) is 0 Å². The first-order valence-electron chi connectivity index (χ1n) is 7.81. The summed E-state index contributed by atoms with van der Waals surface area (Å²) in [6.07, 6.45) is 4.64. The van der Waals surface area contributed by atoms with E-state index in [1.54, 1.807) is 12.0 Å². The minimum absolute atomic E-state index is 0.0342. The zero-order chi connectivity index (χ0) is 17.1. The van der Waals surface area contributed by atoms with Crippen molar-refractivity contribution in [3.8, 4) is 5.75 Å². The molecule has 0 saturated carbocycles. The quantitative estimate of drug-likeness (QED) is 0.455. The molecule has 0 spiro atoms. The van der Waals surface area contributed by atoms with E-state index >= 15 is 0 Å². The number of thiocarbonyl (C=S) groups is 1. The van der Waals surface area contributed by atoms with Gasteiger partial charge < -0.3 is 9.47 Å². The SMILES string of the molecule is COCCCN1C(=O)/C(=C\C2=Cc3ccccc3O[C@H]2C)SC1=S. The van der Waals surface area contributed by atoms with Crippen LogP contribution in [0.25, 0.3) is 6.08 Å². The second-order valence-corrected chi connectivity index (χ2v) is 7.30. The first-order valence-corrected chi connectivity index (χ1v) is 9.04. The monoisotopic (exact) mass is 361 g/mol. The lowest BCUT2D eigenvalue weighted by Crippen LogP contribution is -2.29. The summed E-state index contributed by atoms with van der Waals surface area (Å²) in [7, 11) is 1.65. The Morgan fingerprint density at radius 2 is 2.21 bits per heavy atom. The van der Waals surface area contributed by atoms with E-state index in [4.69, 9.17) is 21.7 Å². The van der Waals surface area contributed by atoms with Crippen LogP contribution in [0.5, 0.6) is 5.75 Å². The van der Waals surface area contributed by atoms with E-state index in [0.717, 1.165) is 23.3 Å². The van der Waals surface area contributed by atoms with Crippen LogP contribution in [-0.2, 0) is 9.53 Å². The van der Waals surface area contributed by atoms with Crippen LogP contribution in [0.4, 0.5) is 0 Å². The molecule has 2 aliphatic rings. The number of hydrogen-bond donors (Lipinski definition) is 0. The fourth-order valence-corrected chi connectivity index (χ4v) is 3.94. The van der Waals surface area contributed by atoms with Gasteiger partial charge in [0.05, 0.1) is 4.91 Å². The summed E-state index contributed by atoms with van der Waals surface area (Å²) >= 11 is 6.69. The summed E-state index contributed by atoms with van der Waals surface area (Å²) in [6, 6.07) is 7.89. The fraction of sp³-hybridized carbons (Fsp3) is 0.333. The molecule has 3 rings (SSSR count). The Morgan fingerprint density at radius 3 is 3.00 bits per heavy atom. The van der Waals surface area contributed by atoms with Gasteiger partial charge >= 0.3 is 0 Å². The highest BCUT2D eigenvalue weighted by Gasteiger charge is 2.32. The number of fused-ring (bicyclic) bond motifs is 1. The highest BCUT2D eigenvalue weighted by Crippen LogP contribution is 2.35. The van der Waals surface area contributed by atoms with Gasteiger partial charge in [-0.25, -0.2) is 0 Å². The van der Waals surface area contributed by atoms with Crippen molar-refractivity contribution in [1.29, 1.82) is 0 Å². The van der Waals surface area contributed by atoms with E-state index in [1.165, 1.54) is 11.8 Å². The molecule has 0 bridgehead atoms. The third-order valence-corrected chi connectivity index (χ3v) is 5.29. The number of nitrogens with zero attached hydrogens (tertiary/aromatic N) is 1. The molecule has 6 heteroatoms. The first-order chi connectivity index (χ1) is 11.6. The van der Waals surface area contributed by atoms with Crippen LogP contribution in [0.1, 0.15) is 18.9 Å². The van der Waals surface area contributed by atoms with Crippen LogP contribution in [0.3, 0.4) is 0 Å².